The fourth-order valence-electron chi connectivity index (χ4n) is 10.7. The van der Waals surface area contributed by atoms with Gasteiger partial charge in [-0.3, -0.25) is 0 Å². The number of benzene rings is 9. The minimum absolute atomic E-state index is 0.145. The van der Waals surface area contributed by atoms with Gasteiger partial charge in [0.1, 0.15) is 5.58 Å². The highest BCUT2D eigenvalue weighted by atomic mass is 16.3. The van der Waals surface area contributed by atoms with Gasteiger partial charge in [-0.05, 0) is 103 Å². The van der Waals surface area contributed by atoms with Crippen LogP contribution in [0, 0.1) is 0 Å². The Bertz CT molecular complexity index is 3250. The average Bonchev–Trinajstić information content (AvgIpc) is 3.84. The lowest BCUT2D eigenvalue weighted by molar-refractivity contribution is 0.563. The molecule has 0 N–H and O–H groups in total. The van der Waals surface area contributed by atoms with E-state index in [1.54, 1.807) is 0 Å². The fourth-order valence-corrected chi connectivity index (χ4v) is 10.7. The van der Waals surface area contributed by atoms with Crippen molar-refractivity contribution in [3.05, 3.63) is 246 Å². The van der Waals surface area contributed by atoms with Gasteiger partial charge in [-0.2, -0.15) is 0 Å². The number of furan rings is 1. The molecule has 0 amide bonds. The Balaban J connectivity index is 1.08. The van der Waals surface area contributed by atoms with Gasteiger partial charge in [-0.1, -0.05) is 190 Å². The molecule has 10 aromatic rings. The van der Waals surface area contributed by atoms with Crippen LogP contribution in [0.5, 0.6) is 0 Å². The lowest BCUT2D eigenvalue weighted by Crippen LogP contribution is -2.40. The summed E-state index contributed by atoms with van der Waals surface area (Å²) in [6.07, 6.45) is 0. The summed E-state index contributed by atoms with van der Waals surface area (Å²) in [5.41, 5.74) is 19.8. The Labute approximate surface area is 350 Å². The highest BCUT2D eigenvalue weighted by Crippen LogP contribution is 2.63. The second-order valence-electron chi connectivity index (χ2n) is 16.8. The van der Waals surface area contributed by atoms with Gasteiger partial charge < -0.3 is 9.32 Å². The molecule has 1 aromatic heterocycles. The van der Waals surface area contributed by atoms with E-state index in [1.165, 1.54) is 61.2 Å². The van der Waals surface area contributed by atoms with E-state index in [0.29, 0.717) is 0 Å². The van der Waals surface area contributed by atoms with Gasteiger partial charge in [0.25, 0.3) is 0 Å². The van der Waals surface area contributed by atoms with Crippen LogP contribution in [0.2, 0.25) is 0 Å². The van der Waals surface area contributed by atoms with Crippen molar-refractivity contribution >= 4 is 39.0 Å². The van der Waals surface area contributed by atoms with Crippen LogP contribution in [0.4, 0.5) is 17.1 Å². The van der Waals surface area contributed by atoms with Crippen LogP contribution in [0.3, 0.4) is 0 Å². The van der Waals surface area contributed by atoms with E-state index in [0.717, 1.165) is 44.6 Å². The van der Waals surface area contributed by atoms with E-state index in [-0.39, 0.29) is 5.41 Å². The summed E-state index contributed by atoms with van der Waals surface area (Å²) < 4.78 is 6.71. The molecule has 60 heavy (non-hydrogen) atoms. The maximum absolute atomic E-state index is 6.71. The molecule has 1 heterocycles. The van der Waals surface area contributed by atoms with Gasteiger partial charge >= 0.3 is 0 Å². The van der Waals surface area contributed by atoms with Crippen LogP contribution < -0.4 is 4.90 Å². The first kappa shape index (κ1) is 34.6. The van der Waals surface area contributed by atoms with Crippen LogP contribution >= 0.6 is 0 Å². The molecule has 9 aromatic carbocycles. The number of hydrogen-bond acceptors (Lipinski definition) is 2. The van der Waals surface area contributed by atoms with Gasteiger partial charge in [0.05, 0.1) is 11.1 Å². The second kappa shape index (κ2) is 13.0. The van der Waals surface area contributed by atoms with Gasteiger partial charge in [0.2, 0.25) is 0 Å². The topological polar surface area (TPSA) is 16.4 Å². The second-order valence-corrected chi connectivity index (χ2v) is 16.8. The van der Waals surface area contributed by atoms with E-state index < -0.39 is 5.41 Å². The summed E-state index contributed by atoms with van der Waals surface area (Å²) in [4.78, 5) is 2.36. The minimum atomic E-state index is -0.453. The summed E-state index contributed by atoms with van der Waals surface area (Å²) >= 11 is 0. The molecule has 0 unspecified atom stereocenters. The van der Waals surface area contributed by atoms with E-state index in [4.69, 9.17) is 4.42 Å². The standard InChI is InChI=1S/C58H41NO/c1-57(2)48-26-9-11-28-50(48)58(51-29-12-10-27-49(51)57)47-25-8-6-22-46(47)55-43(23-15-30-52(55)58)40-19-14-20-42(37-40)59(41-35-33-39(34-36-41)38-17-4-3-5-18-38)53-31-16-24-45-44-21-7-13-32-54(44)60-56(45)53/h3-37H,1-2H3. The molecule has 12 rings (SSSR count). The zero-order chi connectivity index (χ0) is 40.0. The van der Waals surface area contributed by atoms with Crippen LogP contribution in [0.25, 0.3) is 55.3 Å². The molecular formula is C58H41NO. The summed E-state index contributed by atoms with van der Waals surface area (Å²) in [6, 6.07) is 77.8. The quantitative estimate of drug-likeness (QED) is 0.173. The van der Waals surface area contributed by atoms with Crippen molar-refractivity contribution in [2.24, 2.45) is 0 Å². The Morgan fingerprint density at radius 3 is 1.70 bits per heavy atom. The highest BCUT2D eigenvalue weighted by Gasteiger charge is 2.53. The van der Waals surface area contributed by atoms with Crippen molar-refractivity contribution in [1.82, 2.24) is 0 Å². The zero-order valence-corrected chi connectivity index (χ0v) is 33.6. The van der Waals surface area contributed by atoms with Crippen LogP contribution in [0.1, 0.15) is 47.2 Å². The van der Waals surface area contributed by atoms with Gasteiger partial charge in [-0.25, -0.2) is 0 Å². The van der Waals surface area contributed by atoms with Crippen molar-refractivity contribution in [2.45, 2.75) is 24.7 Å². The summed E-state index contributed by atoms with van der Waals surface area (Å²) in [7, 11) is 0. The van der Waals surface area contributed by atoms with Crippen molar-refractivity contribution < 1.29 is 4.42 Å². The lowest BCUT2D eigenvalue weighted by Gasteiger charge is -2.46. The van der Waals surface area contributed by atoms with E-state index >= 15 is 0 Å². The third kappa shape index (κ3) is 4.82. The molecule has 2 aliphatic rings. The van der Waals surface area contributed by atoms with Crippen molar-refractivity contribution in [3.8, 4) is 33.4 Å². The Hall–Kier alpha value is -7.42. The van der Waals surface area contributed by atoms with E-state index in [9.17, 15) is 0 Å². The van der Waals surface area contributed by atoms with Gasteiger partial charge in [0, 0.05) is 27.6 Å². The molecule has 0 saturated carbocycles. The smallest absolute Gasteiger partial charge is 0.159 e. The van der Waals surface area contributed by atoms with Crippen LogP contribution in [-0.2, 0) is 10.8 Å². The largest absolute Gasteiger partial charge is 0.454 e. The van der Waals surface area contributed by atoms with Crippen molar-refractivity contribution in [1.29, 1.82) is 0 Å². The number of para-hydroxylation sites is 2. The molecule has 2 nitrogen and oxygen atoms in total. The van der Waals surface area contributed by atoms with Crippen LogP contribution in [-0.4, -0.2) is 0 Å². The molecule has 0 atom stereocenters. The maximum Gasteiger partial charge on any atom is 0.159 e. The normalized spacial score (nSPS) is 14.1. The lowest BCUT2D eigenvalue weighted by atomic mass is 9.55. The maximum atomic E-state index is 6.71. The first-order valence-corrected chi connectivity index (χ1v) is 20.9. The Morgan fingerprint density at radius 2 is 0.933 bits per heavy atom. The number of hydrogen-bond donors (Lipinski definition) is 0. The predicted octanol–water partition coefficient (Wildman–Crippen LogP) is 15.4. The zero-order valence-electron chi connectivity index (χ0n) is 33.6. The molecule has 1 spiro atoms. The number of fused-ring (bicyclic) bond motifs is 12. The number of anilines is 3. The molecular weight excluding hydrogens is 727 g/mol. The Morgan fingerprint density at radius 1 is 0.383 bits per heavy atom. The monoisotopic (exact) mass is 767 g/mol. The van der Waals surface area contributed by atoms with Crippen molar-refractivity contribution in [3.63, 3.8) is 0 Å². The van der Waals surface area contributed by atoms with Crippen molar-refractivity contribution in [2.75, 3.05) is 4.90 Å². The minimum Gasteiger partial charge on any atom is -0.454 e. The van der Waals surface area contributed by atoms with Gasteiger partial charge in [-0.15, -0.1) is 0 Å². The molecule has 2 heteroatoms. The van der Waals surface area contributed by atoms with E-state index in [1.807, 2.05) is 6.07 Å². The fraction of sp³-hybridized carbons (Fsp3) is 0.0690. The number of nitrogens with zero attached hydrogens (tertiary/aromatic N) is 1. The molecule has 2 aliphatic carbocycles. The van der Waals surface area contributed by atoms with Crippen LogP contribution in [0.15, 0.2) is 217 Å². The molecule has 284 valence electrons. The molecule has 0 saturated heterocycles. The first-order chi connectivity index (χ1) is 29.5. The molecule has 0 aliphatic heterocycles. The molecule has 0 fully saturated rings. The summed E-state index contributed by atoms with van der Waals surface area (Å²) in [5.74, 6) is 0. The summed E-state index contributed by atoms with van der Waals surface area (Å²) in [5, 5.41) is 2.22. The molecule has 0 bridgehead atoms. The average molecular weight is 768 g/mol. The SMILES string of the molecule is CC1(C)c2ccccc2C2(c3ccccc3-c3c(-c4cccc(N(c5ccc(-c6ccccc6)cc5)c5cccc6c5oc5ccccc56)c4)cccc32)c2ccccc21. The first-order valence-electron chi connectivity index (χ1n) is 20.9. The molecule has 0 radical (unpaired) electrons. The highest BCUT2D eigenvalue weighted by molar-refractivity contribution is 6.10. The number of rotatable bonds is 5. The third-order valence-corrected chi connectivity index (χ3v) is 13.4. The summed E-state index contributed by atoms with van der Waals surface area (Å²) in [6.45, 7) is 4.77. The Kier molecular flexibility index (Phi) is 7.52. The van der Waals surface area contributed by atoms with Gasteiger partial charge in [0.15, 0.2) is 5.58 Å². The predicted molar refractivity (Wildman–Crippen MR) is 249 cm³/mol. The van der Waals surface area contributed by atoms with E-state index in [2.05, 4.69) is 225 Å². The third-order valence-electron chi connectivity index (χ3n) is 13.4.